The van der Waals surface area contributed by atoms with Crippen molar-refractivity contribution in [3.63, 3.8) is 0 Å². The summed E-state index contributed by atoms with van der Waals surface area (Å²) in [4.78, 5) is 38.5. The summed E-state index contributed by atoms with van der Waals surface area (Å²) in [6.07, 6.45) is -1.81. The third-order valence-corrected chi connectivity index (χ3v) is 7.87. The Hall–Kier alpha value is -3.00. The van der Waals surface area contributed by atoms with Crippen LogP contribution in [0.1, 0.15) is 44.4 Å². The zero-order valence-corrected chi connectivity index (χ0v) is 20.9. The normalized spacial score (nSPS) is 18.8. The second-order valence-corrected chi connectivity index (χ2v) is 10.2. The maximum Gasteiger partial charge on any atom is 0.417 e. The van der Waals surface area contributed by atoms with Gasteiger partial charge < -0.3 is 18.9 Å². The predicted octanol–water partition coefficient (Wildman–Crippen LogP) is 4.32. The van der Waals surface area contributed by atoms with Crippen molar-refractivity contribution < 1.29 is 37.8 Å². The predicted molar refractivity (Wildman–Crippen MR) is 128 cm³/mol. The first kappa shape index (κ1) is 26.6. The van der Waals surface area contributed by atoms with Crippen LogP contribution >= 0.6 is 7.60 Å². The summed E-state index contributed by atoms with van der Waals surface area (Å²) >= 11 is 0. The summed E-state index contributed by atoms with van der Waals surface area (Å²) in [7, 11) is -3.47. The quantitative estimate of drug-likeness (QED) is 0.450. The molecule has 3 atom stereocenters. The fraction of sp³-hybridized carbons (Fsp3) is 0.400. The summed E-state index contributed by atoms with van der Waals surface area (Å²) in [5.41, 5.74) is 1.40. The van der Waals surface area contributed by atoms with Gasteiger partial charge in [0.25, 0.3) is 0 Å². The van der Waals surface area contributed by atoms with Gasteiger partial charge in [0.15, 0.2) is 0 Å². The first-order valence-corrected chi connectivity index (χ1v) is 13.0. The van der Waals surface area contributed by atoms with E-state index in [1.807, 2.05) is 30.3 Å². The third kappa shape index (κ3) is 6.17. The number of benzene rings is 2. The van der Waals surface area contributed by atoms with Gasteiger partial charge in [-0.15, -0.1) is 0 Å². The summed E-state index contributed by atoms with van der Waals surface area (Å²) in [6, 6.07) is 15.0. The minimum atomic E-state index is -3.47. The van der Waals surface area contributed by atoms with Crippen molar-refractivity contribution in [3.05, 3.63) is 65.7 Å². The second kappa shape index (κ2) is 11.6. The van der Waals surface area contributed by atoms with Crippen molar-refractivity contribution in [1.82, 2.24) is 4.90 Å². The molecule has 0 bridgehead atoms. The van der Waals surface area contributed by atoms with E-state index in [0.29, 0.717) is 10.9 Å². The van der Waals surface area contributed by atoms with Gasteiger partial charge in [0.05, 0.1) is 36.9 Å². The van der Waals surface area contributed by atoms with Gasteiger partial charge in [-0.1, -0.05) is 42.5 Å². The Kier molecular flexibility index (Phi) is 8.83. The number of carbonyl (C=O) groups is 3. The number of ether oxygens (including phenoxy) is 1. The zero-order chi connectivity index (χ0) is 25.6. The Labute approximate surface area is 204 Å². The maximum absolute atomic E-state index is 13.4. The average molecular weight is 503 g/mol. The van der Waals surface area contributed by atoms with Gasteiger partial charge in [0, 0.05) is 0 Å². The molecule has 0 unspecified atom stereocenters. The molecule has 188 valence electrons. The van der Waals surface area contributed by atoms with E-state index < -0.39 is 50.1 Å². The van der Waals surface area contributed by atoms with Gasteiger partial charge in [-0.25, -0.2) is 9.69 Å². The number of hydrogen-bond acceptors (Lipinski definition) is 7. The Bertz CT molecular complexity index is 1080. The lowest BCUT2D eigenvalue weighted by Gasteiger charge is -2.24. The van der Waals surface area contributed by atoms with Gasteiger partial charge >= 0.3 is 19.7 Å². The van der Waals surface area contributed by atoms with Crippen LogP contribution in [-0.4, -0.2) is 47.2 Å². The number of aliphatic carboxylic acids is 1. The van der Waals surface area contributed by atoms with Crippen LogP contribution in [0, 0.1) is 5.92 Å². The summed E-state index contributed by atoms with van der Waals surface area (Å²) in [6.45, 7) is 5.56. The van der Waals surface area contributed by atoms with Crippen LogP contribution in [0.3, 0.4) is 0 Å². The molecule has 2 amide bonds. The molecule has 2 aromatic rings. The number of imide groups is 1. The number of amides is 2. The average Bonchev–Trinajstić information content (AvgIpc) is 3.13. The smallest absolute Gasteiger partial charge is 0.417 e. The lowest BCUT2D eigenvalue weighted by atomic mass is 9.93. The molecular formula is C25H30NO8P. The van der Waals surface area contributed by atoms with Crippen LogP contribution in [0.4, 0.5) is 4.79 Å². The number of carboxylic acids is 1. The van der Waals surface area contributed by atoms with Crippen LogP contribution in [0.25, 0.3) is 0 Å². The second-order valence-electron chi connectivity index (χ2n) is 8.16. The van der Waals surface area contributed by atoms with Gasteiger partial charge in [-0.05, 0) is 50.5 Å². The van der Waals surface area contributed by atoms with Crippen molar-refractivity contribution in [2.45, 2.75) is 45.8 Å². The van der Waals surface area contributed by atoms with Crippen LogP contribution in [0.15, 0.2) is 54.6 Å². The zero-order valence-electron chi connectivity index (χ0n) is 20.0. The van der Waals surface area contributed by atoms with E-state index in [1.54, 1.807) is 45.0 Å². The number of rotatable bonds is 11. The van der Waals surface area contributed by atoms with E-state index in [-0.39, 0.29) is 19.6 Å². The molecule has 10 heteroatoms. The molecule has 35 heavy (non-hydrogen) atoms. The van der Waals surface area contributed by atoms with Crippen molar-refractivity contribution in [1.29, 1.82) is 0 Å². The van der Waals surface area contributed by atoms with Crippen molar-refractivity contribution >= 4 is 30.9 Å². The molecule has 9 nitrogen and oxygen atoms in total. The van der Waals surface area contributed by atoms with E-state index in [9.17, 15) is 24.1 Å². The monoisotopic (exact) mass is 503 g/mol. The Morgan fingerprint density at radius 2 is 1.66 bits per heavy atom. The van der Waals surface area contributed by atoms with Gasteiger partial charge in [0.1, 0.15) is 6.10 Å². The molecule has 1 N–H and O–H groups in total. The Morgan fingerprint density at radius 1 is 1.06 bits per heavy atom. The highest BCUT2D eigenvalue weighted by Crippen LogP contribution is 2.46. The fourth-order valence-corrected chi connectivity index (χ4v) is 5.69. The Balaban J connectivity index is 1.80. The molecule has 1 aliphatic rings. The molecule has 1 aliphatic heterocycles. The largest absolute Gasteiger partial charge is 0.481 e. The summed E-state index contributed by atoms with van der Waals surface area (Å²) < 4.78 is 29.1. The van der Waals surface area contributed by atoms with E-state index in [1.165, 1.54) is 0 Å². The molecule has 0 saturated carbocycles. The SMILES string of the molecule is CCOP(=O)(OCC)c1ccc(C[C@@H](CC(=O)O)C(=O)N2C(=O)O[C@@H](c3ccccc3)[C@H]2C)cc1. The van der Waals surface area contributed by atoms with E-state index in [0.717, 1.165) is 10.5 Å². The van der Waals surface area contributed by atoms with Gasteiger partial charge in [-0.3, -0.25) is 14.2 Å². The van der Waals surface area contributed by atoms with E-state index in [2.05, 4.69) is 0 Å². The van der Waals surface area contributed by atoms with Crippen molar-refractivity contribution in [3.8, 4) is 0 Å². The van der Waals surface area contributed by atoms with Crippen molar-refractivity contribution in [2.75, 3.05) is 13.2 Å². The molecule has 1 saturated heterocycles. The minimum Gasteiger partial charge on any atom is -0.481 e. The number of cyclic esters (lactones) is 1. The number of carboxylic acid groups (broad SMARTS) is 1. The van der Waals surface area contributed by atoms with E-state index >= 15 is 0 Å². The fourth-order valence-electron chi connectivity index (χ4n) is 4.13. The first-order valence-electron chi connectivity index (χ1n) is 11.5. The summed E-state index contributed by atoms with van der Waals surface area (Å²) in [5.74, 6) is -2.76. The highest BCUT2D eigenvalue weighted by Gasteiger charge is 2.45. The van der Waals surface area contributed by atoms with Gasteiger partial charge in [-0.2, -0.15) is 0 Å². The molecule has 1 fully saturated rings. The van der Waals surface area contributed by atoms with Crippen LogP contribution < -0.4 is 5.30 Å². The minimum absolute atomic E-state index is 0.0749. The van der Waals surface area contributed by atoms with Crippen LogP contribution in [-0.2, 0) is 34.4 Å². The van der Waals surface area contributed by atoms with Crippen LogP contribution in [0.2, 0.25) is 0 Å². The number of nitrogens with zero attached hydrogens (tertiary/aromatic N) is 1. The molecule has 0 spiro atoms. The highest BCUT2D eigenvalue weighted by atomic mass is 31.2. The standard InChI is InChI=1S/C25H30NO8P/c1-4-32-35(31,33-5-2)21-13-11-18(12-14-21)15-20(16-22(27)28)24(29)26-17(3)23(34-25(26)30)19-9-7-6-8-10-19/h6-14,17,20,23H,4-5,15-16H2,1-3H3,(H,27,28)/t17-,20+,23-/m1/s1. The van der Waals surface area contributed by atoms with Crippen molar-refractivity contribution in [2.24, 2.45) is 5.92 Å². The molecule has 1 heterocycles. The topological polar surface area (TPSA) is 119 Å². The molecule has 0 radical (unpaired) electrons. The molecule has 3 rings (SSSR count). The summed E-state index contributed by atoms with van der Waals surface area (Å²) in [5, 5.41) is 9.80. The Morgan fingerprint density at radius 3 is 2.20 bits per heavy atom. The third-order valence-electron chi connectivity index (χ3n) is 5.74. The molecule has 0 aromatic heterocycles. The highest BCUT2D eigenvalue weighted by molar-refractivity contribution is 7.62. The van der Waals surface area contributed by atoms with E-state index in [4.69, 9.17) is 13.8 Å². The number of carbonyl (C=O) groups excluding carboxylic acids is 2. The first-order chi connectivity index (χ1) is 16.7. The maximum atomic E-state index is 13.4. The molecular weight excluding hydrogens is 473 g/mol. The molecule has 2 aromatic carbocycles. The lowest BCUT2D eigenvalue weighted by molar-refractivity contribution is -0.143. The molecule has 0 aliphatic carbocycles. The van der Waals surface area contributed by atoms with Crippen LogP contribution in [0.5, 0.6) is 0 Å². The lowest BCUT2D eigenvalue weighted by Crippen LogP contribution is -2.42. The van der Waals surface area contributed by atoms with Gasteiger partial charge in [0.2, 0.25) is 5.91 Å². The number of hydrogen-bond donors (Lipinski definition) is 1.